The number of carbonyl (C=O) groups excluding carboxylic acids is 2. The summed E-state index contributed by atoms with van der Waals surface area (Å²) in [5.41, 5.74) is 10.2. The Labute approximate surface area is 270 Å². The Morgan fingerprint density at radius 1 is 0.844 bits per heavy atom. The van der Waals surface area contributed by atoms with E-state index in [0.717, 1.165) is 23.1 Å². The molecule has 6 N–H and O–H groups in total. The van der Waals surface area contributed by atoms with Gasteiger partial charge in [-0.15, -0.1) is 0 Å². The number of anilines is 1. The van der Waals surface area contributed by atoms with Crippen LogP contribution in [0.4, 0.5) is 5.69 Å². The van der Waals surface area contributed by atoms with Gasteiger partial charge in [-0.05, 0) is 37.6 Å². The number of imide groups is 1. The number of rotatable bonds is 7. The molecule has 164 valence electrons. The molecule has 2 aromatic rings. The van der Waals surface area contributed by atoms with Crippen molar-refractivity contribution in [2.24, 2.45) is 5.73 Å². The van der Waals surface area contributed by atoms with Crippen molar-refractivity contribution in [3.8, 4) is 0 Å². The fourth-order valence-corrected chi connectivity index (χ4v) is 4.60. The van der Waals surface area contributed by atoms with Crippen molar-refractivity contribution >= 4 is 151 Å². The SMILES string of the molecule is NCCCCCN1C(=O)c2cc(S(=O)(=O)O)cc3c(N)c(S(=O)(=O)O)cc(c23)C1=O.[K].[K]. The second kappa shape index (κ2) is 11.6. The van der Waals surface area contributed by atoms with E-state index in [1.165, 1.54) is 0 Å². The molecule has 0 saturated carbocycles. The Kier molecular flexibility index (Phi) is 11.2. The third-order valence-corrected chi connectivity index (χ3v) is 6.55. The van der Waals surface area contributed by atoms with Crippen molar-refractivity contribution in [3.63, 3.8) is 0 Å². The topological polar surface area (TPSA) is 198 Å². The van der Waals surface area contributed by atoms with Gasteiger partial charge in [0, 0.05) is 120 Å². The Hall–Kier alpha value is 0.693. The molecule has 0 aromatic heterocycles. The largest absolute Gasteiger partial charge is 0.397 e. The number of benzene rings is 2. The van der Waals surface area contributed by atoms with Gasteiger partial charge in [0.1, 0.15) is 4.90 Å². The maximum atomic E-state index is 12.9. The summed E-state index contributed by atoms with van der Waals surface area (Å²) in [6.07, 6.45) is 1.71. The van der Waals surface area contributed by atoms with E-state index < -0.39 is 47.5 Å². The first-order valence-corrected chi connectivity index (χ1v) is 11.7. The number of hydrogen-bond acceptors (Lipinski definition) is 8. The standard InChI is InChI=1S/C17H19N3O8S2.2K/c18-4-2-1-3-5-20-16(21)11-7-9(29(23,24)25)6-10-14(11)12(17(20)22)8-13(15(10)19)30(26,27)28;;/h6-8H,1-5,18-19H2,(H,23,24,25)(H,26,27,28);;. The minimum absolute atomic E-state index is 0. The molecule has 2 radical (unpaired) electrons. The van der Waals surface area contributed by atoms with E-state index in [2.05, 4.69) is 0 Å². The molecular formula is C17H19K2N3O8S2. The zero-order valence-corrected chi connectivity index (χ0v) is 25.4. The minimum atomic E-state index is -4.88. The van der Waals surface area contributed by atoms with Gasteiger partial charge in [0.2, 0.25) is 0 Å². The van der Waals surface area contributed by atoms with Crippen LogP contribution in [-0.4, -0.2) is 159 Å². The molecule has 0 bridgehead atoms. The van der Waals surface area contributed by atoms with Crippen LogP contribution in [0.15, 0.2) is 28.0 Å². The van der Waals surface area contributed by atoms with Crippen molar-refractivity contribution < 1.29 is 35.5 Å². The summed E-state index contributed by atoms with van der Waals surface area (Å²) >= 11 is 0. The Morgan fingerprint density at radius 2 is 1.41 bits per heavy atom. The van der Waals surface area contributed by atoms with Gasteiger partial charge in [0.05, 0.1) is 21.7 Å². The number of carbonyl (C=O) groups is 2. The van der Waals surface area contributed by atoms with E-state index in [4.69, 9.17) is 11.5 Å². The quantitative estimate of drug-likeness (QED) is 0.122. The van der Waals surface area contributed by atoms with Crippen LogP contribution in [0.2, 0.25) is 0 Å². The molecule has 0 spiro atoms. The second-order valence-corrected chi connectivity index (χ2v) is 9.60. The van der Waals surface area contributed by atoms with Crippen molar-refractivity contribution in [1.82, 2.24) is 4.90 Å². The summed E-state index contributed by atoms with van der Waals surface area (Å²) in [7, 11) is -9.68. The van der Waals surface area contributed by atoms with E-state index in [9.17, 15) is 35.5 Å². The maximum absolute atomic E-state index is 12.9. The van der Waals surface area contributed by atoms with Gasteiger partial charge >= 0.3 is 0 Å². The normalized spacial score (nSPS) is 13.7. The zero-order chi connectivity index (χ0) is 22.4. The summed E-state index contributed by atoms with van der Waals surface area (Å²) < 4.78 is 65.8. The molecule has 32 heavy (non-hydrogen) atoms. The fraction of sp³-hybridized carbons (Fsp3) is 0.294. The molecule has 1 aliphatic heterocycles. The van der Waals surface area contributed by atoms with Gasteiger partial charge in [-0.3, -0.25) is 23.6 Å². The molecule has 0 atom stereocenters. The molecule has 2 amide bonds. The maximum Gasteiger partial charge on any atom is 0.296 e. The Balaban J connectivity index is 0.00000256. The molecule has 0 saturated heterocycles. The van der Waals surface area contributed by atoms with Crippen molar-refractivity contribution in [2.45, 2.75) is 29.1 Å². The summed E-state index contributed by atoms with van der Waals surface area (Å²) in [6.45, 7) is 0.416. The van der Waals surface area contributed by atoms with Crippen LogP contribution in [0.5, 0.6) is 0 Å². The number of hydrogen-bond donors (Lipinski definition) is 4. The number of nitrogens with two attached hydrogens (primary N) is 2. The average Bonchev–Trinajstić information content (AvgIpc) is 2.64. The third-order valence-electron chi connectivity index (χ3n) is 4.82. The van der Waals surface area contributed by atoms with E-state index in [1.807, 2.05) is 0 Å². The summed E-state index contributed by atoms with van der Waals surface area (Å²) in [6, 6.07) is 2.60. The monoisotopic (exact) mass is 535 g/mol. The van der Waals surface area contributed by atoms with Crippen LogP contribution < -0.4 is 11.5 Å². The predicted octanol–water partition coefficient (Wildman–Crippen LogP) is -0.121. The van der Waals surface area contributed by atoms with Crippen LogP contribution in [0.3, 0.4) is 0 Å². The molecule has 0 unspecified atom stereocenters. The van der Waals surface area contributed by atoms with Gasteiger partial charge in [0.15, 0.2) is 0 Å². The number of nitrogen functional groups attached to an aromatic ring is 1. The molecule has 0 aliphatic carbocycles. The van der Waals surface area contributed by atoms with E-state index in [0.29, 0.717) is 25.8 Å². The molecule has 15 heteroatoms. The van der Waals surface area contributed by atoms with Crippen LogP contribution in [0.25, 0.3) is 10.8 Å². The number of unbranched alkanes of at least 4 members (excludes halogenated alkanes) is 2. The first-order chi connectivity index (χ1) is 13.9. The molecule has 3 rings (SSSR count). The summed E-state index contributed by atoms with van der Waals surface area (Å²) in [4.78, 5) is 25.2. The van der Waals surface area contributed by atoms with Gasteiger partial charge in [-0.1, -0.05) is 6.42 Å². The third kappa shape index (κ3) is 6.08. The number of nitrogens with zero attached hydrogens (tertiary/aromatic N) is 1. The Bertz CT molecular complexity index is 1270. The van der Waals surface area contributed by atoms with E-state index in [1.54, 1.807) is 0 Å². The summed E-state index contributed by atoms with van der Waals surface area (Å²) in [5.74, 6) is -1.62. The molecular weight excluding hydrogens is 517 g/mol. The van der Waals surface area contributed by atoms with Gasteiger partial charge in [0.25, 0.3) is 32.1 Å². The van der Waals surface area contributed by atoms with Crippen LogP contribution in [0.1, 0.15) is 40.0 Å². The van der Waals surface area contributed by atoms with Gasteiger partial charge in [-0.2, -0.15) is 16.8 Å². The molecule has 2 aromatic carbocycles. The van der Waals surface area contributed by atoms with Crippen LogP contribution in [0, 0.1) is 0 Å². The van der Waals surface area contributed by atoms with E-state index in [-0.39, 0.29) is 131 Å². The Morgan fingerprint density at radius 3 is 1.91 bits per heavy atom. The second-order valence-electron chi connectivity index (χ2n) is 6.79. The summed E-state index contributed by atoms with van der Waals surface area (Å²) in [5, 5.41) is -0.324. The van der Waals surface area contributed by atoms with Gasteiger partial charge in [-0.25, -0.2) is 0 Å². The van der Waals surface area contributed by atoms with Crippen molar-refractivity contribution in [1.29, 1.82) is 0 Å². The average molecular weight is 536 g/mol. The first kappa shape index (κ1) is 30.7. The molecule has 11 nitrogen and oxygen atoms in total. The fourth-order valence-electron chi connectivity index (χ4n) is 3.41. The van der Waals surface area contributed by atoms with Crippen LogP contribution >= 0.6 is 0 Å². The predicted molar refractivity (Wildman–Crippen MR) is 118 cm³/mol. The minimum Gasteiger partial charge on any atom is -0.397 e. The van der Waals surface area contributed by atoms with Crippen LogP contribution in [-0.2, 0) is 20.2 Å². The molecule has 1 heterocycles. The molecule has 1 aliphatic rings. The smallest absolute Gasteiger partial charge is 0.296 e. The van der Waals surface area contributed by atoms with Crippen molar-refractivity contribution in [3.05, 3.63) is 29.3 Å². The van der Waals surface area contributed by atoms with Crippen molar-refractivity contribution in [2.75, 3.05) is 18.8 Å². The first-order valence-electron chi connectivity index (χ1n) is 8.79. The number of amides is 2. The molecule has 0 fully saturated rings. The van der Waals surface area contributed by atoms with E-state index >= 15 is 0 Å². The van der Waals surface area contributed by atoms with Gasteiger partial charge < -0.3 is 11.5 Å². The zero-order valence-electron chi connectivity index (χ0n) is 17.5.